The molecule has 1 fully saturated rings. The van der Waals surface area contributed by atoms with Crippen LogP contribution in [0.15, 0.2) is 30.3 Å². The molecule has 0 atom stereocenters. The van der Waals surface area contributed by atoms with E-state index in [1.807, 2.05) is 37.3 Å². The number of hydrogen-bond acceptors (Lipinski definition) is 4. The number of likely N-dealkylation sites (N-methyl/N-ethyl adjacent to an activating group) is 1. The summed E-state index contributed by atoms with van der Waals surface area (Å²) >= 11 is 0. The fourth-order valence-electron chi connectivity index (χ4n) is 2.43. The smallest absolute Gasteiger partial charge is 0.410 e. The third-order valence-corrected chi connectivity index (χ3v) is 3.68. The zero-order valence-electron chi connectivity index (χ0n) is 13.4. The van der Waals surface area contributed by atoms with Gasteiger partial charge in [-0.3, -0.25) is 4.79 Å². The Morgan fingerprint density at radius 2 is 1.91 bits per heavy atom. The van der Waals surface area contributed by atoms with E-state index >= 15 is 0 Å². The van der Waals surface area contributed by atoms with Gasteiger partial charge in [-0.1, -0.05) is 30.3 Å². The first-order chi connectivity index (χ1) is 11.2. The van der Waals surface area contributed by atoms with Crippen LogP contribution in [0.3, 0.4) is 0 Å². The van der Waals surface area contributed by atoms with Crippen molar-refractivity contribution in [1.82, 2.24) is 10.2 Å². The molecular weight excluding hydrogens is 296 g/mol. The largest absolute Gasteiger partial charge is 0.445 e. The highest BCUT2D eigenvalue weighted by molar-refractivity contribution is 5.76. The maximum absolute atomic E-state index is 12.0. The first-order valence-electron chi connectivity index (χ1n) is 7.96. The lowest BCUT2D eigenvalue weighted by molar-refractivity contribution is -0.128. The van der Waals surface area contributed by atoms with Crippen molar-refractivity contribution in [3.63, 3.8) is 0 Å². The van der Waals surface area contributed by atoms with E-state index in [0.717, 1.165) is 5.56 Å². The number of likely N-dealkylation sites (tertiary alicyclic amines) is 1. The monoisotopic (exact) mass is 319 g/mol. The second kappa shape index (κ2) is 9.15. The molecule has 1 aromatic carbocycles. The van der Waals surface area contributed by atoms with E-state index in [1.54, 1.807) is 4.90 Å². The molecule has 2 amide bonds. The fourth-order valence-corrected chi connectivity index (χ4v) is 2.43. The minimum absolute atomic E-state index is 0.00387. The van der Waals surface area contributed by atoms with Crippen molar-refractivity contribution < 1.29 is 19.1 Å². The van der Waals surface area contributed by atoms with Crippen LogP contribution >= 0.6 is 0 Å². The molecule has 0 saturated carbocycles. The maximum Gasteiger partial charge on any atom is 0.410 e. The van der Waals surface area contributed by atoms with Gasteiger partial charge in [0.1, 0.15) is 13.2 Å². The molecule has 125 valence electrons. The number of ether oxygens (including phenoxy) is 2. The number of carbonyl (C=O) groups is 2. The van der Waals surface area contributed by atoms with Gasteiger partial charge in [-0.05, 0) is 25.3 Å². The van der Waals surface area contributed by atoms with Crippen molar-refractivity contribution in [2.75, 3.05) is 26.2 Å². The average Bonchev–Trinajstić information content (AvgIpc) is 2.59. The molecule has 6 heteroatoms. The second-order valence-corrected chi connectivity index (χ2v) is 5.41. The van der Waals surface area contributed by atoms with Gasteiger partial charge in [0.2, 0.25) is 0 Å². The van der Waals surface area contributed by atoms with Crippen molar-refractivity contribution in [2.45, 2.75) is 32.5 Å². The SMILES string of the molecule is CC[N]C(=O)COC1CCN(C(=O)OCc2ccccc2)CC1. The molecule has 1 saturated heterocycles. The minimum Gasteiger partial charge on any atom is -0.445 e. The Bertz CT molecular complexity index is 499. The average molecular weight is 319 g/mol. The standard InChI is InChI=1S/C17H23N2O4/c1-2-18-16(20)13-22-15-8-10-19(11-9-15)17(21)23-12-14-6-4-3-5-7-14/h3-7,15H,2,8-13H2,1H3. The van der Waals surface area contributed by atoms with E-state index in [1.165, 1.54) is 0 Å². The lowest BCUT2D eigenvalue weighted by Gasteiger charge is -2.31. The summed E-state index contributed by atoms with van der Waals surface area (Å²) in [7, 11) is 0. The van der Waals surface area contributed by atoms with Gasteiger partial charge in [-0.15, -0.1) is 0 Å². The van der Waals surface area contributed by atoms with E-state index in [4.69, 9.17) is 9.47 Å². The fraction of sp³-hybridized carbons (Fsp3) is 0.529. The first-order valence-corrected chi connectivity index (χ1v) is 7.96. The van der Waals surface area contributed by atoms with Gasteiger partial charge in [0.25, 0.3) is 5.91 Å². The number of carbonyl (C=O) groups excluding carboxylic acids is 2. The lowest BCUT2D eigenvalue weighted by Crippen LogP contribution is -2.41. The van der Waals surface area contributed by atoms with E-state index in [9.17, 15) is 9.59 Å². The quantitative estimate of drug-likeness (QED) is 0.803. The Labute approximate surface area is 136 Å². The number of benzene rings is 1. The number of piperidine rings is 1. The zero-order chi connectivity index (χ0) is 16.5. The number of rotatable bonds is 6. The minimum atomic E-state index is -0.302. The molecule has 2 rings (SSSR count). The third kappa shape index (κ3) is 5.90. The zero-order valence-corrected chi connectivity index (χ0v) is 13.4. The molecule has 1 radical (unpaired) electrons. The van der Waals surface area contributed by atoms with E-state index in [0.29, 0.717) is 32.5 Å². The molecule has 6 nitrogen and oxygen atoms in total. The summed E-state index contributed by atoms with van der Waals surface area (Å²) < 4.78 is 10.8. The molecule has 1 aliphatic rings. The van der Waals surface area contributed by atoms with Crippen LogP contribution in [0.2, 0.25) is 0 Å². The summed E-state index contributed by atoms with van der Waals surface area (Å²) in [6, 6.07) is 9.60. The maximum atomic E-state index is 12.0. The van der Waals surface area contributed by atoms with Crippen molar-refractivity contribution in [3.8, 4) is 0 Å². The highest BCUT2D eigenvalue weighted by atomic mass is 16.6. The van der Waals surface area contributed by atoms with Crippen molar-refractivity contribution >= 4 is 12.0 Å². The van der Waals surface area contributed by atoms with Gasteiger partial charge >= 0.3 is 6.09 Å². The molecule has 0 N–H and O–H groups in total. The van der Waals surface area contributed by atoms with Crippen LogP contribution in [0.25, 0.3) is 0 Å². The number of nitrogens with zero attached hydrogens (tertiary/aromatic N) is 2. The molecule has 1 heterocycles. The molecule has 0 unspecified atom stereocenters. The van der Waals surface area contributed by atoms with Gasteiger partial charge in [0.15, 0.2) is 0 Å². The Balaban J connectivity index is 1.65. The van der Waals surface area contributed by atoms with Crippen LogP contribution in [-0.2, 0) is 20.9 Å². The summed E-state index contributed by atoms with van der Waals surface area (Å²) in [5.74, 6) is -0.225. The molecule has 0 aromatic heterocycles. The van der Waals surface area contributed by atoms with Crippen molar-refractivity contribution in [3.05, 3.63) is 35.9 Å². The number of hydrogen-bond donors (Lipinski definition) is 0. The van der Waals surface area contributed by atoms with E-state index < -0.39 is 0 Å². The molecule has 0 bridgehead atoms. The molecule has 1 aromatic rings. The summed E-state index contributed by atoms with van der Waals surface area (Å²) in [5, 5.41) is 3.76. The highest BCUT2D eigenvalue weighted by Crippen LogP contribution is 2.15. The summed E-state index contributed by atoms with van der Waals surface area (Å²) in [6.45, 7) is 3.76. The molecular formula is C17H23N2O4. The summed E-state index contributed by atoms with van der Waals surface area (Å²) in [6.07, 6.45) is 1.12. The molecule has 0 spiro atoms. The predicted octanol–water partition coefficient (Wildman–Crippen LogP) is 1.96. The Morgan fingerprint density at radius 3 is 2.57 bits per heavy atom. The van der Waals surface area contributed by atoms with Crippen LogP contribution in [0.1, 0.15) is 25.3 Å². The number of amides is 2. The van der Waals surface area contributed by atoms with Gasteiger partial charge in [-0.2, -0.15) is 0 Å². The normalized spacial score (nSPS) is 15.3. The van der Waals surface area contributed by atoms with Crippen molar-refractivity contribution in [2.24, 2.45) is 0 Å². The van der Waals surface area contributed by atoms with Crippen LogP contribution in [0.4, 0.5) is 4.79 Å². The van der Waals surface area contributed by atoms with Gasteiger partial charge in [0, 0.05) is 19.6 Å². The second-order valence-electron chi connectivity index (χ2n) is 5.41. The summed E-state index contributed by atoms with van der Waals surface area (Å²) in [5.41, 5.74) is 0.970. The van der Waals surface area contributed by atoms with E-state index in [-0.39, 0.29) is 31.3 Å². The van der Waals surface area contributed by atoms with E-state index in [2.05, 4.69) is 5.32 Å². The van der Waals surface area contributed by atoms with Crippen LogP contribution in [0.5, 0.6) is 0 Å². The van der Waals surface area contributed by atoms with Crippen LogP contribution in [-0.4, -0.2) is 49.2 Å². The van der Waals surface area contributed by atoms with Crippen molar-refractivity contribution in [1.29, 1.82) is 0 Å². The molecule has 23 heavy (non-hydrogen) atoms. The first kappa shape index (κ1) is 17.3. The van der Waals surface area contributed by atoms with Gasteiger partial charge in [0.05, 0.1) is 6.10 Å². The Morgan fingerprint density at radius 1 is 1.22 bits per heavy atom. The van der Waals surface area contributed by atoms with Gasteiger partial charge < -0.3 is 14.4 Å². The topological polar surface area (TPSA) is 69.9 Å². The lowest BCUT2D eigenvalue weighted by atomic mass is 10.1. The summed E-state index contributed by atoms with van der Waals surface area (Å²) in [4.78, 5) is 25.0. The molecule has 1 aliphatic heterocycles. The molecule has 0 aliphatic carbocycles. The predicted molar refractivity (Wildman–Crippen MR) is 84.9 cm³/mol. The highest BCUT2D eigenvalue weighted by Gasteiger charge is 2.24. The Kier molecular flexibility index (Phi) is 6.87. The van der Waals surface area contributed by atoms with Crippen LogP contribution in [0, 0.1) is 0 Å². The van der Waals surface area contributed by atoms with Gasteiger partial charge in [-0.25, -0.2) is 10.1 Å². The third-order valence-electron chi connectivity index (χ3n) is 3.68. The Hall–Kier alpha value is -2.08. The van der Waals surface area contributed by atoms with Crippen LogP contribution < -0.4 is 5.32 Å².